The van der Waals surface area contributed by atoms with Crippen LogP contribution in [0.4, 0.5) is 15.8 Å². The first-order valence-corrected chi connectivity index (χ1v) is 9.90. The van der Waals surface area contributed by atoms with Crippen molar-refractivity contribution in [3.63, 3.8) is 0 Å². The van der Waals surface area contributed by atoms with Crippen molar-refractivity contribution in [2.45, 2.75) is 19.5 Å². The number of hydrogen-bond donors (Lipinski definition) is 2. The molecule has 0 fully saturated rings. The summed E-state index contributed by atoms with van der Waals surface area (Å²) < 4.78 is 13.1. The van der Waals surface area contributed by atoms with Crippen LogP contribution in [0.25, 0.3) is 0 Å². The summed E-state index contributed by atoms with van der Waals surface area (Å²) in [5, 5.41) is 6.16. The minimum absolute atomic E-state index is 0.00941. The fourth-order valence-corrected chi connectivity index (χ4v) is 3.64. The second-order valence-electron chi connectivity index (χ2n) is 7.17. The maximum Gasteiger partial charge on any atom is 0.256 e. The van der Waals surface area contributed by atoms with E-state index in [2.05, 4.69) is 10.6 Å². The van der Waals surface area contributed by atoms with E-state index in [1.54, 1.807) is 18.2 Å². The van der Waals surface area contributed by atoms with Gasteiger partial charge in [0.05, 0.1) is 0 Å². The van der Waals surface area contributed by atoms with Gasteiger partial charge in [-0.3, -0.25) is 9.59 Å². The molecule has 3 aromatic rings. The SMILES string of the molecule is CCCN1C(=O)c2ccccc2C1Nc1cccc(C(=O)Nc2ccc(F)cc2)c1. The lowest BCUT2D eigenvalue weighted by Gasteiger charge is -2.27. The predicted molar refractivity (Wildman–Crippen MR) is 115 cm³/mol. The molecule has 2 N–H and O–H groups in total. The molecule has 3 aromatic carbocycles. The van der Waals surface area contributed by atoms with Crippen LogP contribution >= 0.6 is 0 Å². The van der Waals surface area contributed by atoms with Gasteiger partial charge in [-0.15, -0.1) is 0 Å². The summed E-state index contributed by atoms with van der Waals surface area (Å²) in [5.41, 5.74) is 3.34. The standard InChI is InChI=1S/C24H22FN3O2/c1-2-14-28-22(20-8-3-4-9-21(20)24(28)30)26-19-7-5-6-16(15-19)23(29)27-18-12-10-17(25)11-13-18/h3-13,15,22,26H,2,14H2,1H3,(H,27,29). The van der Waals surface area contributed by atoms with Crippen LogP contribution in [0.1, 0.15) is 45.8 Å². The normalized spacial score (nSPS) is 15.1. The molecule has 1 aliphatic heterocycles. The summed E-state index contributed by atoms with van der Waals surface area (Å²) in [5.74, 6) is -0.643. The average Bonchev–Trinajstić information content (AvgIpc) is 3.02. The number of fused-ring (bicyclic) bond motifs is 1. The number of carbonyl (C=O) groups excluding carboxylic acids is 2. The van der Waals surface area contributed by atoms with Crippen LogP contribution < -0.4 is 10.6 Å². The quantitative estimate of drug-likeness (QED) is 0.605. The van der Waals surface area contributed by atoms with E-state index in [0.29, 0.717) is 23.4 Å². The van der Waals surface area contributed by atoms with E-state index >= 15 is 0 Å². The molecule has 1 unspecified atom stereocenters. The van der Waals surface area contributed by atoms with Crippen LogP contribution in [0.2, 0.25) is 0 Å². The molecule has 1 atom stereocenters. The Morgan fingerprint density at radius 3 is 2.53 bits per heavy atom. The number of carbonyl (C=O) groups is 2. The molecule has 0 aromatic heterocycles. The van der Waals surface area contributed by atoms with E-state index in [-0.39, 0.29) is 23.8 Å². The zero-order valence-corrected chi connectivity index (χ0v) is 16.6. The van der Waals surface area contributed by atoms with Gasteiger partial charge in [0.15, 0.2) is 0 Å². The summed E-state index contributed by atoms with van der Waals surface area (Å²) in [6.45, 7) is 2.67. The van der Waals surface area contributed by atoms with E-state index in [1.165, 1.54) is 24.3 Å². The van der Waals surface area contributed by atoms with E-state index < -0.39 is 0 Å². The van der Waals surface area contributed by atoms with Crippen molar-refractivity contribution in [3.05, 3.63) is 95.3 Å². The monoisotopic (exact) mass is 403 g/mol. The highest BCUT2D eigenvalue weighted by atomic mass is 19.1. The number of amides is 2. The highest BCUT2D eigenvalue weighted by molar-refractivity contribution is 6.05. The van der Waals surface area contributed by atoms with E-state index in [0.717, 1.165) is 17.7 Å². The molecule has 0 spiro atoms. The van der Waals surface area contributed by atoms with E-state index in [9.17, 15) is 14.0 Å². The first-order valence-electron chi connectivity index (χ1n) is 9.90. The van der Waals surface area contributed by atoms with Crippen LogP contribution in [-0.4, -0.2) is 23.3 Å². The fraction of sp³-hybridized carbons (Fsp3) is 0.167. The van der Waals surface area contributed by atoms with Gasteiger partial charge in [-0.1, -0.05) is 31.2 Å². The molecule has 2 amide bonds. The first kappa shape index (κ1) is 19.6. The van der Waals surface area contributed by atoms with Crippen LogP contribution in [0, 0.1) is 5.82 Å². The molecule has 4 rings (SSSR count). The van der Waals surface area contributed by atoms with Gasteiger partial charge >= 0.3 is 0 Å². The molecule has 0 aliphatic carbocycles. The molecule has 1 aliphatic rings. The van der Waals surface area contributed by atoms with Gasteiger partial charge in [-0.25, -0.2) is 4.39 Å². The molecule has 30 heavy (non-hydrogen) atoms. The maximum atomic E-state index is 13.1. The van der Waals surface area contributed by atoms with E-state index in [1.807, 2.05) is 42.2 Å². The Hall–Kier alpha value is -3.67. The van der Waals surface area contributed by atoms with Crippen molar-refractivity contribution in [1.29, 1.82) is 0 Å². The summed E-state index contributed by atoms with van der Waals surface area (Å²) in [6, 6.07) is 20.3. The van der Waals surface area contributed by atoms with Crippen molar-refractivity contribution >= 4 is 23.2 Å². The Labute approximate surface area is 174 Å². The van der Waals surface area contributed by atoms with Gasteiger partial charge < -0.3 is 15.5 Å². The minimum Gasteiger partial charge on any atom is -0.361 e. The van der Waals surface area contributed by atoms with Gasteiger partial charge in [-0.2, -0.15) is 0 Å². The summed E-state index contributed by atoms with van der Waals surface area (Å²) in [4.78, 5) is 27.2. The van der Waals surface area contributed by atoms with Crippen molar-refractivity contribution in [2.75, 3.05) is 17.2 Å². The number of nitrogens with zero attached hydrogens (tertiary/aromatic N) is 1. The zero-order valence-electron chi connectivity index (χ0n) is 16.6. The third-order valence-corrected chi connectivity index (χ3v) is 5.05. The van der Waals surface area contributed by atoms with E-state index in [4.69, 9.17) is 0 Å². The van der Waals surface area contributed by atoms with Crippen LogP contribution in [0.15, 0.2) is 72.8 Å². The molecular weight excluding hydrogens is 381 g/mol. The average molecular weight is 403 g/mol. The van der Waals surface area contributed by atoms with Gasteiger partial charge in [-0.05, 0) is 55.0 Å². The molecule has 152 valence electrons. The van der Waals surface area contributed by atoms with Crippen LogP contribution in [-0.2, 0) is 0 Å². The van der Waals surface area contributed by atoms with Gasteiger partial charge in [0.25, 0.3) is 11.8 Å². The summed E-state index contributed by atoms with van der Waals surface area (Å²) >= 11 is 0. The topological polar surface area (TPSA) is 61.4 Å². The second-order valence-corrected chi connectivity index (χ2v) is 7.17. The van der Waals surface area contributed by atoms with Crippen LogP contribution in [0.5, 0.6) is 0 Å². The summed E-state index contributed by atoms with van der Waals surface area (Å²) in [6.07, 6.45) is 0.557. The predicted octanol–water partition coefficient (Wildman–Crippen LogP) is 5.05. The first-order chi connectivity index (χ1) is 14.6. The zero-order chi connectivity index (χ0) is 21.1. The molecule has 0 bridgehead atoms. The largest absolute Gasteiger partial charge is 0.361 e. The fourth-order valence-electron chi connectivity index (χ4n) is 3.64. The highest BCUT2D eigenvalue weighted by Crippen LogP contribution is 2.34. The molecule has 0 saturated carbocycles. The van der Waals surface area contributed by atoms with Crippen molar-refractivity contribution in [3.8, 4) is 0 Å². The second kappa shape index (κ2) is 8.37. The van der Waals surface area contributed by atoms with Gasteiger partial charge in [0, 0.05) is 34.6 Å². The minimum atomic E-state index is -0.359. The molecular formula is C24H22FN3O2. The molecule has 0 radical (unpaired) electrons. The number of nitrogens with one attached hydrogen (secondary N) is 2. The molecule has 5 nitrogen and oxygen atoms in total. The third-order valence-electron chi connectivity index (χ3n) is 5.05. The lowest BCUT2D eigenvalue weighted by Crippen LogP contribution is -2.33. The Morgan fingerprint density at radius 2 is 1.77 bits per heavy atom. The van der Waals surface area contributed by atoms with Crippen molar-refractivity contribution < 1.29 is 14.0 Å². The number of benzene rings is 3. The number of anilines is 2. The van der Waals surface area contributed by atoms with Crippen molar-refractivity contribution in [1.82, 2.24) is 4.90 Å². The maximum absolute atomic E-state index is 13.1. The highest BCUT2D eigenvalue weighted by Gasteiger charge is 2.35. The van der Waals surface area contributed by atoms with Gasteiger partial charge in [0.1, 0.15) is 12.0 Å². The Bertz CT molecular complexity index is 1080. The molecule has 0 saturated heterocycles. The van der Waals surface area contributed by atoms with Crippen LogP contribution in [0.3, 0.4) is 0 Å². The number of halogens is 1. The molecule has 1 heterocycles. The number of hydrogen-bond acceptors (Lipinski definition) is 3. The third kappa shape index (κ3) is 3.89. The molecule has 6 heteroatoms. The van der Waals surface area contributed by atoms with Gasteiger partial charge in [0.2, 0.25) is 0 Å². The summed E-state index contributed by atoms with van der Waals surface area (Å²) in [7, 11) is 0. The Kier molecular flexibility index (Phi) is 5.48. The Morgan fingerprint density at radius 1 is 1.00 bits per heavy atom. The lowest BCUT2D eigenvalue weighted by atomic mass is 10.1. The Balaban J connectivity index is 1.55. The lowest BCUT2D eigenvalue weighted by molar-refractivity contribution is 0.0743. The smallest absolute Gasteiger partial charge is 0.256 e. The number of rotatable bonds is 6. The van der Waals surface area contributed by atoms with Crippen molar-refractivity contribution in [2.24, 2.45) is 0 Å².